The Kier molecular flexibility index (Phi) is 6.59. The molecular formula is C16H22BrN3O4S. The van der Waals surface area contributed by atoms with Gasteiger partial charge in [-0.05, 0) is 43.0 Å². The van der Waals surface area contributed by atoms with E-state index in [1.54, 1.807) is 26.0 Å². The number of rotatable bonds is 6. The van der Waals surface area contributed by atoms with Gasteiger partial charge in [0.25, 0.3) is 0 Å². The Bertz CT molecular complexity index is 734. The third-order valence-corrected chi connectivity index (χ3v) is 5.94. The maximum Gasteiger partial charge on any atom is 0.242 e. The number of piperidine rings is 1. The first-order valence-electron chi connectivity index (χ1n) is 8.06. The standard InChI is InChI=1S/C16H22BrN3O4S/c1-10(2)14(16(22)19-13-4-3-9-18-15(13)21)20-25(23,24)12-7-5-11(17)6-8-12/h5-8,10,13-14,20H,3-4,9H2,1-2H3,(H,18,21)(H,19,22)/t13?,14-/m0/s1. The van der Waals surface area contributed by atoms with Crippen LogP contribution in [0.1, 0.15) is 26.7 Å². The van der Waals surface area contributed by atoms with Gasteiger partial charge in [-0.3, -0.25) is 9.59 Å². The second kappa shape index (κ2) is 8.29. The van der Waals surface area contributed by atoms with Gasteiger partial charge in [0.05, 0.1) is 4.90 Å². The van der Waals surface area contributed by atoms with E-state index in [9.17, 15) is 18.0 Å². The zero-order chi connectivity index (χ0) is 18.6. The van der Waals surface area contributed by atoms with Gasteiger partial charge in [0.15, 0.2) is 0 Å². The summed E-state index contributed by atoms with van der Waals surface area (Å²) in [6, 6.07) is 4.55. The lowest BCUT2D eigenvalue weighted by atomic mass is 10.0. The molecule has 0 radical (unpaired) electrons. The van der Waals surface area contributed by atoms with Gasteiger partial charge >= 0.3 is 0 Å². The van der Waals surface area contributed by atoms with Gasteiger partial charge in [-0.25, -0.2) is 8.42 Å². The molecule has 1 aromatic carbocycles. The Morgan fingerprint density at radius 2 is 1.92 bits per heavy atom. The number of sulfonamides is 1. The topological polar surface area (TPSA) is 104 Å². The van der Waals surface area contributed by atoms with Crippen LogP contribution in [0.4, 0.5) is 0 Å². The number of hydrogen-bond donors (Lipinski definition) is 3. The van der Waals surface area contributed by atoms with Crippen LogP contribution in [0.25, 0.3) is 0 Å². The van der Waals surface area contributed by atoms with E-state index in [1.165, 1.54) is 12.1 Å². The molecule has 1 fully saturated rings. The van der Waals surface area contributed by atoms with Gasteiger partial charge in [0.1, 0.15) is 12.1 Å². The van der Waals surface area contributed by atoms with Crippen molar-refractivity contribution in [2.45, 2.75) is 43.7 Å². The van der Waals surface area contributed by atoms with Crippen molar-refractivity contribution < 1.29 is 18.0 Å². The number of carbonyl (C=O) groups is 2. The molecule has 1 heterocycles. The third-order valence-electron chi connectivity index (χ3n) is 3.96. The summed E-state index contributed by atoms with van der Waals surface area (Å²) in [5.41, 5.74) is 0. The van der Waals surface area contributed by atoms with Crippen molar-refractivity contribution in [2.24, 2.45) is 5.92 Å². The maximum absolute atomic E-state index is 12.5. The van der Waals surface area contributed by atoms with Crippen LogP contribution in [0.3, 0.4) is 0 Å². The van der Waals surface area contributed by atoms with E-state index in [0.29, 0.717) is 13.0 Å². The molecule has 2 rings (SSSR count). The van der Waals surface area contributed by atoms with Crippen molar-refractivity contribution in [3.8, 4) is 0 Å². The molecule has 0 aromatic heterocycles. The second-order valence-electron chi connectivity index (χ2n) is 6.29. The van der Waals surface area contributed by atoms with Crippen LogP contribution in [0.5, 0.6) is 0 Å². The first-order chi connectivity index (χ1) is 11.7. The van der Waals surface area contributed by atoms with Crippen LogP contribution in [0.15, 0.2) is 33.6 Å². The lowest BCUT2D eigenvalue weighted by molar-refractivity contribution is -0.131. The summed E-state index contributed by atoms with van der Waals surface area (Å²) in [7, 11) is -3.85. The van der Waals surface area contributed by atoms with Gasteiger partial charge in [-0.1, -0.05) is 29.8 Å². The highest BCUT2D eigenvalue weighted by molar-refractivity contribution is 9.10. The molecule has 9 heteroatoms. The lowest BCUT2D eigenvalue weighted by Crippen LogP contribution is -2.56. The van der Waals surface area contributed by atoms with Gasteiger partial charge in [-0.2, -0.15) is 4.72 Å². The van der Waals surface area contributed by atoms with Crippen molar-refractivity contribution in [3.05, 3.63) is 28.7 Å². The molecule has 3 N–H and O–H groups in total. The number of benzene rings is 1. The highest BCUT2D eigenvalue weighted by atomic mass is 79.9. The smallest absolute Gasteiger partial charge is 0.242 e. The fraction of sp³-hybridized carbons (Fsp3) is 0.500. The second-order valence-corrected chi connectivity index (χ2v) is 8.92. The first kappa shape index (κ1) is 19.9. The van der Waals surface area contributed by atoms with E-state index in [-0.39, 0.29) is 16.7 Å². The van der Waals surface area contributed by atoms with Crippen LogP contribution < -0.4 is 15.4 Å². The minimum absolute atomic E-state index is 0.0737. The Balaban J connectivity index is 2.12. The highest BCUT2D eigenvalue weighted by Gasteiger charge is 2.32. The molecule has 0 saturated carbocycles. The number of halogens is 1. The van der Waals surface area contributed by atoms with Crippen molar-refractivity contribution in [3.63, 3.8) is 0 Å². The number of nitrogens with one attached hydrogen (secondary N) is 3. The minimum atomic E-state index is -3.85. The quantitative estimate of drug-likeness (QED) is 0.627. The van der Waals surface area contributed by atoms with Gasteiger partial charge in [-0.15, -0.1) is 0 Å². The van der Waals surface area contributed by atoms with E-state index >= 15 is 0 Å². The maximum atomic E-state index is 12.5. The number of carbonyl (C=O) groups excluding carboxylic acids is 2. The van der Waals surface area contributed by atoms with E-state index in [0.717, 1.165) is 10.9 Å². The average Bonchev–Trinajstić information content (AvgIpc) is 2.55. The largest absolute Gasteiger partial charge is 0.354 e. The summed E-state index contributed by atoms with van der Waals surface area (Å²) in [6.45, 7) is 4.08. The van der Waals surface area contributed by atoms with Crippen LogP contribution >= 0.6 is 15.9 Å². The van der Waals surface area contributed by atoms with Crippen LogP contribution in [0.2, 0.25) is 0 Å². The van der Waals surface area contributed by atoms with Gasteiger partial charge < -0.3 is 10.6 Å². The normalized spacial score (nSPS) is 19.4. The molecule has 0 aliphatic carbocycles. The van der Waals surface area contributed by atoms with Crippen molar-refractivity contribution in [1.29, 1.82) is 0 Å². The molecule has 138 valence electrons. The Morgan fingerprint density at radius 3 is 2.48 bits per heavy atom. The molecule has 1 aromatic rings. The van der Waals surface area contributed by atoms with Crippen molar-refractivity contribution in [1.82, 2.24) is 15.4 Å². The Hall–Kier alpha value is -1.45. The Morgan fingerprint density at radius 1 is 1.28 bits per heavy atom. The molecule has 2 amide bonds. The molecule has 1 saturated heterocycles. The molecule has 1 aliphatic rings. The average molecular weight is 432 g/mol. The molecule has 1 unspecified atom stereocenters. The summed E-state index contributed by atoms with van der Waals surface area (Å²) in [5.74, 6) is -1.02. The van der Waals surface area contributed by atoms with Gasteiger partial charge in [0, 0.05) is 11.0 Å². The number of amides is 2. The molecule has 0 bridgehead atoms. The highest BCUT2D eigenvalue weighted by Crippen LogP contribution is 2.16. The lowest BCUT2D eigenvalue weighted by Gasteiger charge is -2.27. The molecule has 1 aliphatic heterocycles. The third kappa shape index (κ3) is 5.26. The van der Waals surface area contributed by atoms with Crippen molar-refractivity contribution >= 4 is 37.8 Å². The SMILES string of the molecule is CC(C)[C@H](NS(=O)(=O)c1ccc(Br)cc1)C(=O)NC1CCCNC1=O. The van der Waals surface area contributed by atoms with E-state index in [4.69, 9.17) is 0 Å². The monoisotopic (exact) mass is 431 g/mol. The van der Waals surface area contributed by atoms with E-state index in [2.05, 4.69) is 31.3 Å². The van der Waals surface area contributed by atoms with E-state index in [1.807, 2.05) is 0 Å². The molecule has 0 spiro atoms. The predicted octanol–water partition coefficient (Wildman–Crippen LogP) is 1.15. The van der Waals surface area contributed by atoms with Gasteiger partial charge in [0.2, 0.25) is 21.8 Å². The number of hydrogen-bond acceptors (Lipinski definition) is 4. The molecule has 7 nitrogen and oxygen atoms in total. The van der Waals surface area contributed by atoms with E-state index < -0.39 is 28.0 Å². The zero-order valence-corrected chi connectivity index (χ0v) is 16.5. The zero-order valence-electron chi connectivity index (χ0n) is 14.1. The summed E-state index contributed by atoms with van der Waals surface area (Å²) < 4.78 is 28.3. The first-order valence-corrected chi connectivity index (χ1v) is 10.3. The Labute approximate surface area is 156 Å². The summed E-state index contributed by atoms with van der Waals surface area (Å²) in [6.07, 6.45) is 1.31. The molecular weight excluding hydrogens is 410 g/mol. The van der Waals surface area contributed by atoms with Crippen LogP contribution in [-0.4, -0.2) is 38.9 Å². The predicted molar refractivity (Wildman–Crippen MR) is 97.3 cm³/mol. The summed E-state index contributed by atoms with van der Waals surface area (Å²) in [5, 5.41) is 5.34. The summed E-state index contributed by atoms with van der Waals surface area (Å²) in [4.78, 5) is 24.4. The molecule has 2 atom stereocenters. The fourth-order valence-electron chi connectivity index (χ4n) is 2.51. The fourth-order valence-corrected chi connectivity index (χ4v) is 4.12. The van der Waals surface area contributed by atoms with Crippen LogP contribution in [0, 0.1) is 5.92 Å². The van der Waals surface area contributed by atoms with Crippen LogP contribution in [-0.2, 0) is 19.6 Å². The summed E-state index contributed by atoms with van der Waals surface area (Å²) >= 11 is 3.25. The molecule has 25 heavy (non-hydrogen) atoms. The minimum Gasteiger partial charge on any atom is -0.354 e. The van der Waals surface area contributed by atoms with Crippen molar-refractivity contribution in [2.75, 3.05) is 6.54 Å².